The van der Waals surface area contributed by atoms with Gasteiger partial charge in [0.2, 0.25) is 0 Å². The van der Waals surface area contributed by atoms with Crippen molar-refractivity contribution < 1.29 is 9.53 Å². The van der Waals surface area contributed by atoms with Crippen LogP contribution in [0.3, 0.4) is 0 Å². The Bertz CT molecular complexity index is 381. The number of ether oxygens (including phenoxy) is 1. The molecule has 0 saturated carbocycles. The number of rotatable bonds is 1. The smallest absolute Gasteiger partial charge is 0.410 e. The van der Waals surface area contributed by atoms with Crippen LogP contribution in [0.2, 0.25) is 0 Å². The number of likely N-dealkylation sites (tertiary alicyclic amines) is 1. The Labute approximate surface area is 106 Å². The molecule has 0 N–H and O–H groups in total. The first-order valence-corrected chi connectivity index (χ1v) is 6.93. The highest BCUT2D eigenvalue weighted by molar-refractivity contribution is 7.07. The molecule has 2 rings (SSSR count). The first kappa shape index (κ1) is 12.4. The Morgan fingerprint density at radius 1 is 1.53 bits per heavy atom. The minimum Gasteiger partial charge on any atom is -0.444 e. The molecule has 0 radical (unpaired) electrons. The maximum Gasteiger partial charge on any atom is 0.410 e. The Hall–Kier alpha value is -1.03. The summed E-state index contributed by atoms with van der Waals surface area (Å²) in [6, 6.07) is 2.30. The Balaban J connectivity index is 2.07. The molecule has 17 heavy (non-hydrogen) atoms. The quantitative estimate of drug-likeness (QED) is 0.761. The Morgan fingerprint density at radius 2 is 2.29 bits per heavy atom. The van der Waals surface area contributed by atoms with E-state index in [2.05, 4.69) is 16.8 Å². The Kier molecular flexibility index (Phi) is 3.43. The van der Waals surface area contributed by atoms with Crippen molar-refractivity contribution in [1.82, 2.24) is 4.90 Å². The zero-order valence-electron chi connectivity index (χ0n) is 10.6. The van der Waals surface area contributed by atoms with E-state index in [9.17, 15) is 4.79 Å². The lowest BCUT2D eigenvalue weighted by atomic mass is 10.1. The highest BCUT2D eigenvalue weighted by Crippen LogP contribution is 2.34. The van der Waals surface area contributed by atoms with Gasteiger partial charge in [-0.3, -0.25) is 0 Å². The highest BCUT2D eigenvalue weighted by atomic mass is 32.1. The second-order valence-corrected chi connectivity index (χ2v) is 6.17. The first-order chi connectivity index (χ1) is 7.97. The minimum atomic E-state index is -0.418. The maximum absolute atomic E-state index is 12.1. The third-order valence-electron chi connectivity index (χ3n) is 2.81. The van der Waals surface area contributed by atoms with E-state index in [-0.39, 0.29) is 12.1 Å². The van der Waals surface area contributed by atoms with E-state index < -0.39 is 5.60 Å². The summed E-state index contributed by atoms with van der Waals surface area (Å²) >= 11 is 1.67. The van der Waals surface area contributed by atoms with Gasteiger partial charge in [-0.1, -0.05) is 0 Å². The van der Waals surface area contributed by atoms with E-state index in [1.54, 1.807) is 11.3 Å². The normalized spacial score (nSPS) is 20.6. The number of carbonyl (C=O) groups excluding carboxylic acids is 1. The van der Waals surface area contributed by atoms with Gasteiger partial charge in [0, 0.05) is 6.54 Å². The lowest BCUT2D eigenvalue weighted by Gasteiger charge is -2.28. The molecule has 1 aliphatic rings. The summed E-state index contributed by atoms with van der Waals surface area (Å²) in [5.74, 6) is 0. The number of amides is 1. The average Bonchev–Trinajstić information content (AvgIpc) is 2.85. The number of hydrogen-bond acceptors (Lipinski definition) is 3. The molecule has 2 heterocycles. The van der Waals surface area contributed by atoms with E-state index >= 15 is 0 Å². The van der Waals surface area contributed by atoms with Crippen LogP contribution in [0.1, 0.15) is 45.2 Å². The van der Waals surface area contributed by atoms with Gasteiger partial charge in [0.15, 0.2) is 0 Å². The average molecular weight is 253 g/mol. The summed E-state index contributed by atoms with van der Waals surface area (Å²) < 4.78 is 5.44. The monoisotopic (exact) mass is 253 g/mol. The number of hydrogen-bond donors (Lipinski definition) is 0. The van der Waals surface area contributed by atoms with Crippen LogP contribution in [0.15, 0.2) is 16.8 Å². The van der Waals surface area contributed by atoms with E-state index in [0.717, 1.165) is 19.4 Å². The molecule has 1 atom stereocenters. The second kappa shape index (κ2) is 4.69. The molecule has 1 fully saturated rings. The fraction of sp³-hybridized carbons (Fsp3) is 0.615. The third-order valence-corrected chi connectivity index (χ3v) is 3.51. The molecular weight excluding hydrogens is 234 g/mol. The van der Waals surface area contributed by atoms with Gasteiger partial charge in [0.1, 0.15) is 5.60 Å². The first-order valence-electron chi connectivity index (χ1n) is 5.99. The lowest BCUT2D eigenvalue weighted by molar-refractivity contribution is 0.0225. The largest absolute Gasteiger partial charge is 0.444 e. The number of nitrogens with zero attached hydrogens (tertiary/aromatic N) is 1. The summed E-state index contributed by atoms with van der Waals surface area (Å²) in [7, 11) is 0. The molecule has 0 spiro atoms. The van der Waals surface area contributed by atoms with Crippen LogP contribution in [0.25, 0.3) is 0 Å². The van der Waals surface area contributed by atoms with Crippen LogP contribution in [0.5, 0.6) is 0 Å². The van der Waals surface area contributed by atoms with Crippen LogP contribution < -0.4 is 0 Å². The topological polar surface area (TPSA) is 29.5 Å². The molecule has 0 aromatic carbocycles. The zero-order chi connectivity index (χ0) is 12.5. The van der Waals surface area contributed by atoms with Crippen molar-refractivity contribution >= 4 is 17.4 Å². The van der Waals surface area contributed by atoms with Crippen LogP contribution in [-0.2, 0) is 4.74 Å². The number of thiophene rings is 1. The highest BCUT2D eigenvalue weighted by Gasteiger charge is 2.33. The summed E-state index contributed by atoms with van der Waals surface area (Å²) in [6.45, 7) is 6.51. The predicted octanol–water partition coefficient (Wildman–Crippen LogP) is 3.82. The standard InChI is InChI=1S/C13H19NO2S/c1-13(2,3)16-12(15)14-7-4-5-11(14)10-6-8-17-9-10/h6,8-9,11H,4-5,7H2,1-3H3. The van der Waals surface area contributed by atoms with Crippen LogP contribution in [-0.4, -0.2) is 23.1 Å². The van der Waals surface area contributed by atoms with Crippen molar-refractivity contribution in [2.45, 2.75) is 45.3 Å². The Morgan fingerprint density at radius 3 is 2.88 bits per heavy atom. The van der Waals surface area contributed by atoms with Gasteiger partial charge in [-0.25, -0.2) is 4.79 Å². The van der Waals surface area contributed by atoms with Crippen molar-refractivity contribution in [3.05, 3.63) is 22.4 Å². The fourth-order valence-electron chi connectivity index (χ4n) is 2.12. The van der Waals surface area contributed by atoms with Gasteiger partial charge in [0.25, 0.3) is 0 Å². The van der Waals surface area contributed by atoms with E-state index in [0.29, 0.717) is 0 Å². The molecule has 3 nitrogen and oxygen atoms in total. The second-order valence-electron chi connectivity index (χ2n) is 5.39. The maximum atomic E-state index is 12.1. The van der Waals surface area contributed by atoms with Crippen molar-refractivity contribution in [1.29, 1.82) is 0 Å². The lowest BCUT2D eigenvalue weighted by Crippen LogP contribution is -2.36. The van der Waals surface area contributed by atoms with Gasteiger partial charge < -0.3 is 9.64 Å². The summed E-state index contributed by atoms with van der Waals surface area (Å²) in [6.07, 6.45) is 1.90. The SMILES string of the molecule is CC(C)(C)OC(=O)N1CCCC1c1ccsc1. The van der Waals surface area contributed by atoms with Gasteiger partial charge in [-0.2, -0.15) is 11.3 Å². The van der Waals surface area contributed by atoms with E-state index in [1.165, 1.54) is 5.56 Å². The van der Waals surface area contributed by atoms with Crippen molar-refractivity contribution in [3.63, 3.8) is 0 Å². The molecule has 94 valence electrons. The molecule has 1 unspecified atom stereocenters. The molecule has 1 aromatic rings. The van der Waals surface area contributed by atoms with Crippen molar-refractivity contribution in [3.8, 4) is 0 Å². The van der Waals surface area contributed by atoms with Crippen LogP contribution in [0, 0.1) is 0 Å². The van der Waals surface area contributed by atoms with E-state index in [1.807, 2.05) is 25.7 Å². The van der Waals surface area contributed by atoms with Crippen LogP contribution in [0.4, 0.5) is 4.79 Å². The fourth-order valence-corrected chi connectivity index (χ4v) is 2.82. The predicted molar refractivity (Wildman–Crippen MR) is 69.2 cm³/mol. The molecule has 0 aliphatic carbocycles. The molecular formula is C13H19NO2S. The van der Waals surface area contributed by atoms with Gasteiger partial charge >= 0.3 is 6.09 Å². The molecule has 1 saturated heterocycles. The van der Waals surface area contributed by atoms with Crippen molar-refractivity contribution in [2.75, 3.05) is 6.54 Å². The number of carbonyl (C=O) groups is 1. The van der Waals surface area contributed by atoms with E-state index in [4.69, 9.17) is 4.74 Å². The van der Waals surface area contributed by atoms with Crippen molar-refractivity contribution in [2.24, 2.45) is 0 Å². The van der Waals surface area contributed by atoms with Crippen LogP contribution >= 0.6 is 11.3 Å². The summed E-state index contributed by atoms with van der Waals surface area (Å²) in [5.41, 5.74) is 0.817. The molecule has 0 bridgehead atoms. The summed E-state index contributed by atoms with van der Waals surface area (Å²) in [4.78, 5) is 13.9. The minimum absolute atomic E-state index is 0.189. The molecule has 4 heteroatoms. The zero-order valence-corrected chi connectivity index (χ0v) is 11.4. The summed E-state index contributed by atoms with van der Waals surface area (Å²) in [5, 5.41) is 4.17. The van der Waals surface area contributed by atoms with Gasteiger partial charge in [-0.15, -0.1) is 0 Å². The molecule has 1 aliphatic heterocycles. The third kappa shape index (κ3) is 3.00. The van der Waals surface area contributed by atoms with Gasteiger partial charge in [-0.05, 0) is 56.0 Å². The van der Waals surface area contributed by atoms with Gasteiger partial charge in [0.05, 0.1) is 6.04 Å². The molecule has 1 aromatic heterocycles. The molecule has 1 amide bonds.